The van der Waals surface area contributed by atoms with Crippen LogP contribution in [0, 0.1) is 0 Å². The maximum absolute atomic E-state index is 13.1. The van der Waals surface area contributed by atoms with Gasteiger partial charge in [-0.2, -0.15) is 0 Å². The van der Waals surface area contributed by atoms with Crippen LogP contribution < -0.4 is 4.90 Å². The van der Waals surface area contributed by atoms with Crippen molar-refractivity contribution in [1.82, 2.24) is 24.6 Å². The van der Waals surface area contributed by atoms with Crippen LogP contribution in [0.15, 0.2) is 60.7 Å². The van der Waals surface area contributed by atoms with Crippen molar-refractivity contribution in [3.8, 4) is 0 Å². The van der Waals surface area contributed by atoms with Gasteiger partial charge in [-0.05, 0) is 35.9 Å². The Hall–Kier alpha value is -3.61. The number of aromatic amines is 1. The van der Waals surface area contributed by atoms with Gasteiger partial charge < -0.3 is 14.8 Å². The highest BCUT2D eigenvalue weighted by Crippen LogP contribution is 2.21. The first kappa shape index (κ1) is 19.4. The standard InChI is InChI=1S/C24H26N6O/c1-28(17-20-15-19-11-5-6-12-21(19)25-20)24-27-26-22(23(31)29-13-7-8-14-29)30(24)16-18-9-3-2-4-10-18/h2-6,9-12,15,25H,7-8,13-14,16-17H2,1H3. The summed E-state index contributed by atoms with van der Waals surface area (Å²) in [4.78, 5) is 20.5. The molecule has 0 atom stereocenters. The fraction of sp³-hybridized carbons (Fsp3) is 0.292. The smallest absolute Gasteiger partial charge is 0.291 e. The molecular formula is C24H26N6O. The van der Waals surface area contributed by atoms with Crippen LogP contribution in [0.1, 0.15) is 34.7 Å². The normalized spacial score (nSPS) is 13.8. The summed E-state index contributed by atoms with van der Waals surface area (Å²) < 4.78 is 1.94. The number of para-hydroxylation sites is 1. The largest absolute Gasteiger partial charge is 0.357 e. The highest BCUT2D eigenvalue weighted by atomic mass is 16.2. The first-order chi connectivity index (χ1) is 15.2. The van der Waals surface area contributed by atoms with E-state index in [1.54, 1.807) is 0 Å². The molecule has 0 bridgehead atoms. The zero-order chi connectivity index (χ0) is 21.2. The van der Waals surface area contributed by atoms with Crippen LogP contribution in [0.25, 0.3) is 10.9 Å². The molecule has 0 radical (unpaired) electrons. The molecule has 7 nitrogen and oxygen atoms in total. The minimum absolute atomic E-state index is 0.0359. The lowest BCUT2D eigenvalue weighted by Gasteiger charge is -2.20. The van der Waals surface area contributed by atoms with E-state index in [1.165, 1.54) is 5.39 Å². The third-order valence-corrected chi connectivity index (χ3v) is 5.83. The van der Waals surface area contributed by atoms with Crippen LogP contribution in [0.3, 0.4) is 0 Å². The molecule has 7 heteroatoms. The number of hydrogen-bond acceptors (Lipinski definition) is 4. The summed E-state index contributed by atoms with van der Waals surface area (Å²) in [5, 5.41) is 9.95. The molecule has 2 aromatic heterocycles. The molecule has 0 unspecified atom stereocenters. The van der Waals surface area contributed by atoms with Gasteiger partial charge >= 0.3 is 0 Å². The topological polar surface area (TPSA) is 70.1 Å². The van der Waals surface area contributed by atoms with E-state index in [0.29, 0.717) is 24.9 Å². The third kappa shape index (κ3) is 3.91. The summed E-state index contributed by atoms with van der Waals surface area (Å²) in [5.41, 5.74) is 3.31. The van der Waals surface area contributed by atoms with E-state index in [9.17, 15) is 4.79 Å². The molecule has 1 aliphatic rings. The lowest BCUT2D eigenvalue weighted by molar-refractivity contribution is 0.0776. The molecule has 158 valence electrons. The zero-order valence-electron chi connectivity index (χ0n) is 17.7. The Morgan fingerprint density at radius 3 is 2.55 bits per heavy atom. The molecule has 3 heterocycles. The Kier molecular flexibility index (Phi) is 5.16. The summed E-state index contributed by atoms with van der Waals surface area (Å²) in [6, 6.07) is 20.5. The molecule has 31 heavy (non-hydrogen) atoms. The van der Waals surface area contributed by atoms with Crippen molar-refractivity contribution < 1.29 is 4.79 Å². The molecule has 1 fully saturated rings. The average Bonchev–Trinajstić information content (AvgIpc) is 3.53. The number of anilines is 1. The molecule has 0 saturated carbocycles. The predicted octanol–water partition coefficient (Wildman–Crippen LogP) is 3.68. The van der Waals surface area contributed by atoms with Gasteiger partial charge in [0.25, 0.3) is 5.91 Å². The molecule has 2 aromatic carbocycles. The number of nitrogens with one attached hydrogen (secondary N) is 1. The number of fused-ring (bicyclic) bond motifs is 1. The van der Waals surface area contributed by atoms with Crippen molar-refractivity contribution in [2.75, 3.05) is 25.0 Å². The minimum atomic E-state index is -0.0359. The van der Waals surface area contributed by atoms with E-state index >= 15 is 0 Å². The maximum atomic E-state index is 13.1. The zero-order valence-corrected chi connectivity index (χ0v) is 17.7. The molecule has 4 aromatic rings. The van der Waals surface area contributed by atoms with Crippen LogP contribution in [0.2, 0.25) is 0 Å². The van der Waals surface area contributed by atoms with E-state index in [2.05, 4.69) is 45.5 Å². The molecule has 1 N–H and O–H groups in total. The Labute approximate surface area is 181 Å². The van der Waals surface area contributed by atoms with Gasteiger partial charge in [0.2, 0.25) is 11.8 Å². The molecule has 0 aliphatic carbocycles. The molecule has 0 spiro atoms. The van der Waals surface area contributed by atoms with Crippen molar-refractivity contribution >= 4 is 22.8 Å². The molecule has 1 aliphatic heterocycles. The first-order valence-corrected chi connectivity index (χ1v) is 10.7. The fourth-order valence-electron chi connectivity index (χ4n) is 4.25. The molecule has 5 rings (SSSR count). The number of H-pyrrole nitrogens is 1. The van der Waals surface area contributed by atoms with E-state index in [4.69, 9.17) is 0 Å². The van der Waals surface area contributed by atoms with E-state index in [1.807, 2.05) is 51.7 Å². The van der Waals surface area contributed by atoms with Gasteiger partial charge in [-0.25, -0.2) is 0 Å². The number of nitrogens with zero attached hydrogens (tertiary/aromatic N) is 5. The maximum Gasteiger partial charge on any atom is 0.291 e. The lowest BCUT2D eigenvalue weighted by Crippen LogP contribution is -2.31. The second-order valence-corrected chi connectivity index (χ2v) is 8.13. The number of aromatic nitrogens is 4. The third-order valence-electron chi connectivity index (χ3n) is 5.83. The van der Waals surface area contributed by atoms with Crippen LogP contribution in [-0.4, -0.2) is 50.7 Å². The Bertz CT molecular complexity index is 1160. The summed E-state index contributed by atoms with van der Waals surface area (Å²) in [6.07, 6.45) is 2.09. The minimum Gasteiger partial charge on any atom is -0.357 e. The molecular weight excluding hydrogens is 388 g/mol. The summed E-state index contributed by atoms with van der Waals surface area (Å²) in [7, 11) is 1.99. The number of hydrogen-bond donors (Lipinski definition) is 1. The number of carbonyl (C=O) groups is 1. The fourth-order valence-corrected chi connectivity index (χ4v) is 4.25. The predicted molar refractivity (Wildman–Crippen MR) is 121 cm³/mol. The van der Waals surface area contributed by atoms with Gasteiger partial charge in [0, 0.05) is 31.3 Å². The SMILES string of the molecule is CN(Cc1cc2ccccc2[nH]1)c1nnc(C(=O)N2CCCC2)n1Cc1ccccc1. The summed E-state index contributed by atoms with van der Waals surface area (Å²) in [6.45, 7) is 2.77. The Balaban J connectivity index is 1.46. The quantitative estimate of drug-likeness (QED) is 0.523. The monoisotopic (exact) mass is 414 g/mol. The van der Waals surface area contributed by atoms with Crippen LogP contribution in [0.5, 0.6) is 0 Å². The number of likely N-dealkylation sites (tertiary alicyclic amines) is 1. The second-order valence-electron chi connectivity index (χ2n) is 8.13. The second kappa shape index (κ2) is 8.26. The summed E-state index contributed by atoms with van der Waals surface area (Å²) in [5.74, 6) is 1.06. The van der Waals surface area contributed by atoms with Gasteiger partial charge in [-0.3, -0.25) is 9.36 Å². The Morgan fingerprint density at radius 2 is 1.77 bits per heavy atom. The van der Waals surface area contributed by atoms with E-state index in [0.717, 1.165) is 42.7 Å². The van der Waals surface area contributed by atoms with Crippen LogP contribution in [0.4, 0.5) is 5.95 Å². The highest BCUT2D eigenvalue weighted by molar-refractivity contribution is 5.91. The number of carbonyl (C=O) groups excluding carboxylic acids is 1. The highest BCUT2D eigenvalue weighted by Gasteiger charge is 2.27. The van der Waals surface area contributed by atoms with Crippen LogP contribution >= 0.6 is 0 Å². The van der Waals surface area contributed by atoms with E-state index < -0.39 is 0 Å². The van der Waals surface area contributed by atoms with Gasteiger partial charge in [-0.1, -0.05) is 48.5 Å². The van der Waals surface area contributed by atoms with Crippen molar-refractivity contribution in [3.63, 3.8) is 0 Å². The lowest BCUT2D eigenvalue weighted by atomic mass is 10.2. The van der Waals surface area contributed by atoms with Crippen molar-refractivity contribution in [2.45, 2.75) is 25.9 Å². The van der Waals surface area contributed by atoms with Crippen LogP contribution in [-0.2, 0) is 13.1 Å². The Morgan fingerprint density at radius 1 is 1.03 bits per heavy atom. The molecule has 1 saturated heterocycles. The van der Waals surface area contributed by atoms with E-state index in [-0.39, 0.29) is 5.91 Å². The van der Waals surface area contributed by atoms with Crippen molar-refractivity contribution in [3.05, 3.63) is 77.7 Å². The van der Waals surface area contributed by atoms with Gasteiger partial charge in [0.05, 0.1) is 13.1 Å². The van der Waals surface area contributed by atoms with Gasteiger partial charge in [0.15, 0.2) is 0 Å². The van der Waals surface area contributed by atoms with Crippen molar-refractivity contribution in [2.24, 2.45) is 0 Å². The average molecular weight is 415 g/mol. The van der Waals surface area contributed by atoms with Gasteiger partial charge in [-0.15, -0.1) is 10.2 Å². The number of rotatable bonds is 6. The van der Waals surface area contributed by atoms with Gasteiger partial charge in [0.1, 0.15) is 0 Å². The number of benzene rings is 2. The number of amides is 1. The first-order valence-electron chi connectivity index (χ1n) is 10.7. The molecule has 1 amide bonds. The van der Waals surface area contributed by atoms with Crippen molar-refractivity contribution in [1.29, 1.82) is 0 Å². The summed E-state index contributed by atoms with van der Waals surface area (Å²) >= 11 is 0.